The fourth-order valence-electron chi connectivity index (χ4n) is 2.42. The number of carbonyl (C=O) groups excluding carboxylic acids is 1. The van der Waals surface area contributed by atoms with Crippen LogP contribution in [0, 0.1) is 0 Å². The standard InChI is InChI=1S/C18H22N2O3S/c1-24(22,23)13-15-7-5-6-14(10-15)12-20-18(21)11-17(19)16-8-3-2-4-9-16/h2-10,17H,11-13,19H2,1H3,(H,20,21). The number of nitrogens with two attached hydrogens (primary N) is 1. The predicted molar refractivity (Wildman–Crippen MR) is 94.8 cm³/mol. The third kappa shape index (κ3) is 6.14. The smallest absolute Gasteiger partial charge is 0.222 e. The lowest BCUT2D eigenvalue weighted by molar-refractivity contribution is -0.121. The Kier molecular flexibility index (Phi) is 6.11. The van der Waals surface area contributed by atoms with Gasteiger partial charge in [0.25, 0.3) is 0 Å². The number of hydrogen-bond donors (Lipinski definition) is 2. The molecule has 0 saturated carbocycles. The maximum Gasteiger partial charge on any atom is 0.222 e. The lowest BCUT2D eigenvalue weighted by Crippen LogP contribution is -2.27. The molecule has 0 aliphatic heterocycles. The van der Waals surface area contributed by atoms with E-state index in [1.807, 2.05) is 36.4 Å². The predicted octanol–water partition coefficient (Wildman–Crippen LogP) is 1.94. The molecule has 2 aromatic carbocycles. The molecule has 128 valence electrons. The lowest BCUT2D eigenvalue weighted by atomic mass is 10.0. The highest BCUT2D eigenvalue weighted by Crippen LogP contribution is 2.13. The molecule has 0 spiro atoms. The summed E-state index contributed by atoms with van der Waals surface area (Å²) in [6, 6.07) is 16.3. The largest absolute Gasteiger partial charge is 0.352 e. The second-order valence-electron chi connectivity index (χ2n) is 5.89. The van der Waals surface area contributed by atoms with Gasteiger partial charge in [-0.3, -0.25) is 4.79 Å². The van der Waals surface area contributed by atoms with Gasteiger partial charge in [-0.2, -0.15) is 0 Å². The zero-order chi connectivity index (χ0) is 17.6. The van der Waals surface area contributed by atoms with Gasteiger partial charge in [0, 0.05) is 25.3 Å². The van der Waals surface area contributed by atoms with E-state index >= 15 is 0 Å². The van der Waals surface area contributed by atoms with Crippen molar-refractivity contribution in [3.8, 4) is 0 Å². The van der Waals surface area contributed by atoms with E-state index in [1.165, 1.54) is 6.26 Å². The summed E-state index contributed by atoms with van der Waals surface area (Å²) in [5.74, 6) is -0.145. The van der Waals surface area contributed by atoms with Crippen LogP contribution >= 0.6 is 0 Å². The van der Waals surface area contributed by atoms with Crippen molar-refractivity contribution in [2.24, 2.45) is 5.73 Å². The SMILES string of the molecule is CS(=O)(=O)Cc1cccc(CNC(=O)CC(N)c2ccccc2)c1. The Morgan fingerprint density at radius 3 is 2.42 bits per heavy atom. The summed E-state index contributed by atoms with van der Waals surface area (Å²) in [6.07, 6.45) is 1.40. The number of sulfone groups is 1. The Morgan fingerprint density at radius 2 is 1.75 bits per heavy atom. The number of rotatable bonds is 7. The Morgan fingerprint density at radius 1 is 1.08 bits per heavy atom. The molecule has 1 atom stereocenters. The van der Waals surface area contributed by atoms with Crippen LogP contribution in [0.15, 0.2) is 54.6 Å². The van der Waals surface area contributed by atoms with Gasteiger partial charge < -0.3 is 11.1 Å². The molecule has 0 aromatic heterocycles. The van der Waals surface area contributed by atoms with Crippen LogP contribution in [0.2, 0.25) is 0 Å². The number of hydrogen-bond acceptors (Lipinski definition) is 4. The molecule has 2 rings (SSSR count). The first kappa shape index (κ1) is 18.2. The lowest BCUT2D eigenvalue weighted by Gasteiger charge is -2.12. The molecule has 0 fully saturated rings. The molecule has 0 aliphatic carbocycles. The Bertz CT molecular complexity index is 789. The van der Waals surface area contributed by atoms with Gasteiger partial charge in [-0.15, -0.1) is 0 Å². The van der Waals surface area contributed by atoms with Crippen molar-refractivity contribution in [2.45, 2.75) is 24.8 Å². The summed E-state index contributed by atoms with van der Waals surface area (Å²) < 4.78 is 22.7. The van der Waals surface area contributed by atoms with Crippen molar-refractivity contribution >= 4 is 15.7 Å². The van der Waals surface area contributed by atoms with Gasteiger partial charge in [0.15, 0.2) is 9.84 Å². The van der Waals surface area contributed by atoms with E-state index < -0.39 is 9.84 Å². The molecule has 5 nitrogen and oxygen atoms in total. The van der Waals surface area contributed by atoms with E-state index in [0.717, 1.165) is 11.1 Å². The van der Waals surface area contributed by atoms with E-state index in [2.05, 4.69) is 5.32 Å². The molecule has 1 unspecified atom stereocenters. The first-order valence-electron chi connectivity index (χ1n) is 7.66. The first-order chi connectivity index (χ1) is 11.3. The third-order valence-corrected chi connectivity index (χ3v) is 4.40. The number of carbonyl (C=O) groups is 1. The normalized spacial score (nSPS) is 12.6. The summed E-state index contributed by atoms with van der Waals surface area (Å²) in [5, 5.41) is 2.82. The van der Waals surface area contributed by atoms with Crippen molar-refractivity contribution in [1.82, 2.24) is 5.32 Å². The molecule has 0 saturated heterocycles. The second kappa shape index (κ2) is 8.08. The van der Waals surface area contributed by atoms with Crippen LogP contribution in [0.3, 0.4) is 0 Å². The minimum Gasteiger partial charge on any atom is -0.352 e. The van der Waals surface area contributed by atoms with Crippen LogP contribution in [0.5, 0.6) is 0 Å². The first-order valence-corrected chi connectivity index (χ1v) is 9.72. The Balaban J connectivity index is 1.89. The van der Waals surface area contributed by atoms with Crippen molar-refractivity contribution in [3.63, 3.8) is 0 Å². The van der Waals surface area contributed by atoms with Gasteiger partial charge in [-0.1, -0.05) is 54.6 Å². The average molecular weight is 346 g/mol. The highest BCUT2D eigenvalue weighted by molar-refractivity contribution is 7.89. The van der Waals surface area contributed by atoms with E-state index in [0.29, 0.717) is 12.1 Å². The van der Waals surface area contributed by atoms with Crippen LogP contribution in [0.25, 0.3) is 0 Å². The van der Waals surface area contributed by atoms with Crippen molar-refractivity contribution in [2.75, 3.05) is 6.26 Å². The quantitative estimate of drug-likeness (QED) is 0.802. The second-order valence-corrected chi connectivity index (χ2v) is 8.03. The van der Waals surface area contributed by atoms with Crippen LogP contribution in [-0.4, -0.2) is 20.6 Å². The van der Waals surface area contributed by atoms with E-state index in [4.69, 9.17) is 5.73 Å². The highest BCUT2D eigenvalue weighted by atomic mass is 32.2. The molecule has 0 heterocycles. The Labute approximate surface area is 142 Å². The third-order valence-electron chi connectivity index (χ3n) is 3.54. The topological polar surface area (TPSA) is 89.3 Å². The molecular formula is C18H22N2O3S. The van der Waals surface area contributed by atoms with Gasteiger partial charge >= 0.3 is 0 Å². The summed E-state index contributed by atoms with van der Waals surface area (Å²) in [6.45, 7) is 0.345. The fourth-order valence-corrected chi connectivity index (χ4v) is 3.21. The zero-order valence-corrected chi connectivity index (χ0v) is 14.4. The highest BCUT2D eigenvalue weighted by Gasteiger charge is 2.11. The van der Waals surface area contributed by atoms with Crippen molar-refractivity contribution in [3.05, 3.63) is 71.3 Å². The molecule has 0 bridgehead atoms. The maximum atomic E-state index is 12.0. The molecule has 6 heteroatoms. The Hall–Kier alpha value is -2.18. The minimum absolute atomic E-state index is 0.00628. The van der Waals surface area contributed by atoms with Gasteiger partial charge in [0.2, 0.25) is 5.91 Å². The summed E-state index contributed by atoms with van der Waals surface area (Å²) in [4.78, 5) is 12.0. The minimum atomic E-state index is -3.08. The maximum absolute atomic E-state index is 12.0. The average Bonchev–Trinajstić information content (AvgIpc) is 2.52. The zero-order valence-electron chi connectivity index (χ0n) is 13.6. The number of nitrogens with one attached hydrogen (secondary N) is 1. The van der Waals surface area contributed by atoms with Crippen LogP contribution in [0.1, 0.15) is 29.2 Å². The van der Waals surface area contributed by atoms with Crippen LogP contribution in [0.4, 0.5) is 0 Å². The molecule has 2 aromatic rings. The molecule has 0 radical (unpaired) electrons. The van der Waals surface area contributed by atoms with Crippen molar-refractivity contribution in [1.29, 1.82) is 0 Å². The van der Waals surface area contributed by atoms with Gasteiger partial charge in [0.1, 0.15) is 0 Å². The molecule has 1 amide bonds. The molecule has 24 heavy (non-hydrogen) atoms. The van der Waals surface area contributed by atoms with Gasteiger partial charge in [-0.25, -0.2) is 8.42 Å². The monoisotopic (exact) mass is 346 g/mol. The van der Waals surface area contributed by atoms with Crippen LogP contribution in [-0.2, 0) is 26.9 Å². The van der Waals surface area contributed by atoms with Gasteiger partial charge in [-0.05, 0) is 16.7 Å². The summed E-state index contributed by atoms with van der Waals surface area (Å²) >= 11 is 0. The molecular weight excluding hydrogens is 324 g/mol. The molecule has 0 aliphatic rings. The fraction of sp³-hybridized carbons (Fsp3) is 0.278. The summed E-state index contributed by atoms with van der Waals surface area (Å²) in [5.41, 5.74) is 8.52. The molecule has 3 N–H and O–H groups in total. The van der Waals surface area contributed by atoms with E-state index in [-0.39, 0.29) is 24.1 Å². The summed E-state index contributed by atoms with van der Waals surface area (Å²) in [7, 11) is -3.08. The number of benzene rings is 2. The van der Waals surface area contributed by atoms with E-state index in [1.54, 1.807) is 18.2 Å². The van der Waals surface area contributed by atoms with Crippen LogP contribution < -0.4 is 11.1 Å². The van der Waals surface area contributed by atoms with Crippen molar-refractivity contribution < 1.29 is 13.2 Å². The van der Waals surface area contributed by atoms with Gasteiger partial charge in [0.05, 0.1) is 5.75 Å². The van der Waals surface area contributed by atoms with E-state index in [9.17, 15) is 13.2 Å². The number of amides is 1.